The molecule has 0 saturated heterocycles. The van der Waals surface area contributed by atoms with E-state index in [1.165, 1.54) is 6.20 Å². The number of hydrogen-bond donors (Lipinski definition) is 1. The van der Waals surface area contributed by atoms with Gasteiger partial charge in [-0.2, -0.15) is 10.2 Å². The van der Waals surface area contributed by atoms with Gasteiger partial charge >= 0.3 is 0 Å². The van der Waals surface area contributed by atoms with Crippen molar-refractivity contribution in [2.24, 2.45) is 0 Å². The average Bonchev–Trinajstić information content (AvgIpc) is 3.30. The van der Waals surface area contributed by atoms with Gasteiger partial charge in [-0.1, -0.05) is 0 Å². The molecule has 1 N–H and O–H groups in total. The lowest BCUT2D eigenvalue weighted by Gasteiger charge is -2.01. The summed E-state index contributed by atoms with van der Waals surface area (Å²) >= 11 is 0. The second kappa shape index (κ2) is 6.45. The molecule has 0 atom stereocenters. The van der Waals surface area contributed by atoms with E-state index in [-0.39, 0.29) is 18.4 Å². The fourth-order valence-electron chi connectivity index (χ4n) is 2.48. The molecule has 4 rings (SSSR count). The highest BCUT2D eigenvalue weighted by atomic mass is 16.2. The molecule has 9 nitrogen and oxygen atoms in total. The molecule has 4 heterocycles. The smallest absolute Gasteiger partial charge is 0.249 e. The summed E-state index contributed by atoms with van der Waals surface area (Å²) in [5.74, 6) is -0.0267. The van der Waals surface area contributed by atoms with Crippen LogP contribution in [0.15, 0.2) is 55.5 Å². The van der Waals surface area contributed by atoms with Gasteiger partial charge in [-0.15, -0.1) is 5.10 Å². The predicted octanol–water partition coefficient (Wildman–Crippen LogP) is 1.50. The van der Waals surface area contributed by atoms with Gasteiger partial charge in [0.05, 0.1) is 11.9 Å². The van der Waals surface area contributed by atoms with E-state index in [1.807, 2.05) is 6.07 Å². The van der Waals surface area contributed by atoms with Crippen molar-refractivity contribution in [3.05, 3.63) is 61.1 Å². The number of hydrogen-bond acceptors (Lipinski definition) is 6. The van der Waals surface area contributed by atoms with E-state index < -0.39 is 0 Å². The van der Waals surface area contributed by atoms with Crippen LogP contribution in [0.25, 0.3) is 16.8 Å². The van der Waals surface area contributed by atoms with Crippen molar-refractivity contribution >= 4 is 17.5 Å². The first-order valence-corrected chi connectivity index (χ1v) is 7.69. The molecular formula is C17H12N8O. The molecule has 0 aliphatic carbocycles. The van der Waals surface area contributed by atoms with Crippen molar-refractivity contribution < 1.29 is 4.79 Å². The number of nitriles is 1. The number of anilines is 1. The van der Waals surface area contributed by atoms with E-state index in [0.717, 1.165) is 11.1 Å². The van der Waals surface area contributed by atoms with Crippen LogP contribution in [0, 0.1) is 11.3 Å². The molecule has 0 fully saturated rings. The normalized spacial score (nSPS) is 10.6. The lowest BCUT2D eigenvalue weighted by Crippen LogP contribution is -2.18. The molecule has 0 radical (unpaired) electrons. The Labute approximate surface area is 147 Å². The Balaban J connectivity index is 1.57. The molecule has 1 amide bonds. The zero-order valence-corrected chi connectivity index (χ0v) is 13.4. The van der Waals surface area contributed by atoms with E-state index in [4.69, 9.17) is 5.26 Å². The Morgan fingerprint density at radius 3 is 2.96 bits per heavy atom. The predicted molar refractivity (Wildman–Crippen MR) is 91.8 cm³/mol. The number of carbonyl (C=O) groups excluding carboxylic acids is 1. The van der Waals surface area contributed by atoms with E-state index in [2.05, 4.69) is 31.4 Å². The van der Waals surface area contributed by atoms with Crippen LogP contribution >= 0.6 is 0 Å². The van der Waals surface area contributed by atoms with Crippen molar-refractivity contribution in [3.63, 3.8) is 0 Å². The first-order chi connectivity index (χ1) is 12.7. The second-order valence-electron chi connectivity index (χ2n) is 5.51. The summed E-state index contributed by atoms with van der Waals surface area (Å²) < 4.78 is 3.22. The van der Waals surface area contributed by atoms with Gasteiger partial charge in [0.1, 0.15) is 12.6 Å². The summed E-state index contributed by atoms with van der Waals surface area (Å²) in [5.41, 5.74) is 2.71. The third-order valence-corrected chi connectivity index (χ3v) is 3.67. The van der Waals surface area contributed by atoms with Crippen LogP contribution in [0.2, 0.25) is 0 Å². The maximum absolute atomic E-state index is 12.0. The monoisotopic (exact) mass is 344 g/mol. The molecule has 0 spiro atoms. The van der Waals surface area contributed by atoms with Gasteiger partial charge < -0.3 is 4.57 Å². The first-order valence-electron chi connectivity index (χ1n) is 7.69. The maximum Gasteiger partial charge on any atom is 0.249 e. The minimum Gasteiger partial charge on any atom is -0.328 e. The van der Waals surface area contributed by atoms with Crippen LogP contribution in [0.5, 0.6) is 0 Å². The number of rotatable bonds is 4. The molecule has 0 bridgehead atoms. The highest BCUT2D eigenvalue weighted by Crippen LogP contribution is 2.20. The Morgan fingerprint density at radius 1 is 1.23 bits per heavy atom. The summed E-state index contributed by atoms with van der Waals surface area (Å²) in [6, 6.07) is 7.46. The lowest BCUT2D eigenvalue weighted by molar-refractivity contribution is -0.116. The van der Waals surface area contributed by atoms with Crippen molar-refractivity contribution in [2.75, 3.05) is 5.32 Å². The van der Waals surface area contributed by atoms with Crippen LogP contribution in [-0.2, 0) is 11.3 Å². The lowest BCUT2D eigenvalue weighted by atomic mass is 10.1. The summed E-state index contributed by atoms with van der Waals surface area (Å²) in [6.45, 7) is 0.132. The zero-order valence-electron chi connectivity index (χ0n) is 13.4. The molecule has 0 aromatic carbocycles. The van der Waals surface area contributed by atoms with Crippen LogP contribution in [0.4, 0.5) is 5.95 Å². The van der Waals surface area contributed by atoms with Crippen LogP contribution in [-0.4, -0.2) is 35.0 Å². The fraction of sp³-hybridized carbons (Fsp3) is 0.0588. The molecule has 0 aliphatic rings. The summed E-state index contributed by atoms with van der Waals surface area (Å²) in [6.07, 6.45) is 9.82. The van der Waals surface area contributed by atoms with Crippen molar-refractivity contribution in [2.45, 2.75) is 6.54 Å². The van der Waals surface area contributed by atoms with Gasteiger partial charge in [0, 0.05) is 42.1 Å². The van der Waals surface area contributed by atoms with Crippen LogP contribution in [0.3, 0.4) is 0 Å². The molecular weight excluding hydrogens is 332 g/mol. The molecule has 26 heavy (non-hydrogen) atoms. The summed E-state index contributed by atoms with van der Waals surface area (Å²) in [4.78, 5) is 24.3. The highest BCUT2D eigenvalue weighted by Gasteiger charge is 2.10. The molecule has 0 saturated carbocycles. The average molecular weight is 344 g/mol. The Kier molecular flexibility index (Phi) is 3.83. The number of nitrogens with one attached hydrogen (secondary N) is 1. The van der Waals surface area contributed by atoms with Gasteiger partial charge in [0.2, 0.25) is 11.9 Å². The van der Waals surface area contributed by atoms with Crippen molar-refractivity contribution in [3.8, 4) is 17.2 Å². The molecule has 0 aliphatic heterocycles. The molecule has 9 heteroatoms. The van der Waals surface area contributed by atoms with Gasteiger partial charge in [-0.05, 0) is 18.2 Å². The van der Waals surface area contributed by atoms with Crippen molar-refractivity contribution in [1.82, 2.24) is 29.1 Å². The first kappa shape index (κ1) is 15.5. The number of imidazole rings is 1. The molecule has 0 unspecified atom stereocenters. The number of pyridine rings is 2. The fourth-order valence-corrected chi connectivity index (χ4v) is 2.48. The minimum absolute atomic E-state index is 0.132. The van der Waals surface area contributed by atoms with Crippen LogP contribution < -0.4 is 5.32 Å². The maximum atomic E-state index is 12.0. The molecule has 4 aromatic rings. The van der Waals surface area contributed by atoms with Gasteiger partial charge in [-0.3, -0.25) is 15.1 Å². The summed E-state index contributed by atoms with van der Waals surface area (Å²) in [5, 5.41) is 15.9. The number of amides is 1. The Morgan fingerprint density at radius 2 is 2.15 bits per heavy atom. The standard InChI is InChI=1S/C17H12N8O/c18-6-12-5-14(8-20-7-12)13-1-2-15-21-17(23-25(15)9-13)22-16(26)10-24-4-3-19-11-24/h1-5,7-9,11H,10H2,(H,22,23,26). The van der Waals surface area contributed by atoms with E-state index >= 15 is 0 Å². The third-order valence-electron chi connectivity index (χ3n) is 3.67. The highest BCUT2D eigenvalue weighted by molar-refractivity contribution is 5.89. The van der Waals surface area contributed by atoms with E-state index in [9.17, 15) is 4.79 Å². The van der Waals surface area contributed by atoms with E-state index in [1.54, 1.807) is 52.3 Å². The SMILES string of the molecule is N#Cc1cncc(-c2ccc3nc(NC(=O)Cn4ccnc4)nn3c2)c1. The number of carbonyl (C=O) groups is 1. The second-order valence-corrected chi connectivity index (χ2v) is 5.51. The molecule has 126 valence electrons. The zero-order chi connectivity index (χ0) is 17.9. The van der Waals surface area contributed by atoms with Gasteiger partial charge in [0.15, 0.2) is 5.65 Å². The summed E-state index contributed by atoms with van der Waals surface area (Å²) in [7, 11) is 0. The quantitative estimate of drug-likeness (QED) is 0.600. The van der Waals surface area contributed by atoms with Gasteiger partial charge in [0.25, 0.3) is 0 Å². The third kappa shape index (κ3) is 3.11. The van der Waals surface area contributed by atoms with Gasteiger partial charge in [-0.25, -0.2) is 9.50 Å². The van der Waals surface area contributed by atoms with Crippen molar-refractivity contribution in [1.29, 1.82) is 5.26 Å². The largest absolute Gasteiger partial charge is 0.328 e. The topological polar surface area (TPSA) is 114 Å². The Hall–Kier alpha value is -4.06. The van der Waals surface area contributed by atoms with E-state index in [0.29, 0.717) is 11.2 Å². The Bertz CT molecular complexity index is 1120. The minimum atomic E-state index is -0.245. The van der Waals surface area contributed by atoms with Crippen LogP contribution in [0.1, 0.15) is 5.56 Å². The number of fused-ring (bicyclic) bond motifs is 1. The number of aromatic nitrogens is 6. The molecule has 4 aromatic heterocycles. The number of nitrogens with zero attached hydrogens (tertiary/aromatic N) is 7.